The van der Waals surface area contributed by atoms with Gasteiger partial charge in [-0.05, 0) is 29.3 Å². The highest BCUT2D eigenvalue weighted by atomic mass is 32.2. The summed E-state index contributed by atoms with van der Waals surface area (Å²) in [6.07, 6.45) is 1.87. The van der Waals surface area contributed by atoms with Crippen LogP contribution in [0.15, 0.2) is 15.7 Å². The Hall–Kier alpha value is -0.430. The average molecular weight is 305 g/mol. The summed E-state index contributed by atoms with van der Waals surface area (Å²) in [4.78, 5) is 0. The summed E-state index contributed by atoms with van der Waals surface area (Å²) < 4.78 is 23.4. The number of sulfonamides is 1. The van der Waals surface area contributed by atoms with Crippen LogP contribution in [0, 0.1) is 5.92 Å². The van der Waals surface area contributed by atoms with Crippen molar-refractivity contribution < 1.29 is 13.5 Å². The minimum atomic E-state index is -3.72. The second-order valence-corrected chi connectivity index (χ2v) is 7.65. The normalized spacial score (nSPS) is 17.1. The highest BCUT2D eigenvalue weighted by Gasteiger charge is 2.31. The molecule has 0 aliphatic rings. The van der Waals surface area contributed by atoms with Gasteiger partial charge in [-0.2, -0.15) is 0 Å². The number of rotatable bonds is 7. The fourth-order valence-electron chi connectivity index (χ4n) is 2.41. The van der Waals surface area contributed by atoms with Gasteiger partial charge in [0, 0.05) is 5.92 Å². The van der Waals surface area contributed by atoms with Crippen molar-refractivity contribution in [3.63, 3.8) is 0 Å². The fraction of sp³-hybridized carbons (Fsp3) is 0.692. The molecule has 1 aromatic rings. The van der Waals surface area contributed by atoms with Crippen LogP contribution >= 0.6 is 11.3 Å². The zero-order chi connectivity index (χ0) is 14.6. The summed E-state index contributed by atoms with van der Waals surface area (Å²) in [7, 11) is -3.72. The van der Waals surface area contributed by atoms with Gasteiger partial charge in [0.2, 0.25) is 10.0 Å². The minimum Gasteiger partial charge on any atom is -0.392 e. The maximum atomic E-state index is 11.6. The molecule has 0 aliphatic carbocycles. The van der Waals surface area contributed by atoms with E-state index in [2.05, 4.69) is 0 Å². The Balaban J connectivity index is 3.22. The highest BCUT2D eigenvalue weighted by molar-refractivity contribution is 7.91. The molecule has 0 aromatic carbocycles. The maximum Gasteiger partial charge on any atom is 0.247 e. The number of hydrogen-bond donors (Lipinski definition) is 2. The molecule has 1 heterocycles. The van der Waals surface area contributed by atoms with E-state index >= 15 is 0 Å². The Labute approximate surface area is 119 Å². The average Bonchev–Trinajstić information content (AvgIpc) is 2.78. The third kappa shape index (κ3) is 4.02. The van der Waals surface area contributed by atoms with E-state index in [0.29, 0.717) is 12.0 Å². The van der Waals surface area contributed by atoms with Gasteiger partial charge in [-0.1, -0.05) is 33.6 Å². The van der Waals surface area contributed by atoms with Crippen LogP contribution in [0.4, 0.5) is 0 Å². The molecule has 0 saturated heterocycles. The molecule has 4 nitrogen and oxygen atoms in total. The van der Waals surface area contributed by atoms with E-state index in [1.807, 2.05) is 20.8 Å². The van der Waals surface area contributed by atoms with E-state index in [0.717, 1.165) is 24.2 Å². The molecule has 3 N–H and O–H groups in total. The van der Waals surface area contributed by atoms with Gasteiger partial charge in [0.1, 0.15) is 4.21 Å². The summed E-state index contributed by atoms with van der Waals surface area (Å²) in [5, 5.41) is 17.3. The van der Waals surface area contributed by atoms with Gasteiger partial charge in [0.15, 0.2) is 0 Å². The molecule has 0 bridgehead atoms. The topological polar surface area (TPSA) is 80.4 Å². The van der Waals surface area contributed by atoms with E-state index in [9.17, 15) is 13.5 Å². The lowest BCUT2D eigenvalue weighted by molar-refractivity contribution is 0.107. The number of aliphatic hydroxyl groups excluding tert-OH is 1. The Kier molecular flexibility index (Phi) is 5.98. The van der Waals surface area contributed by atoms with E-state index in [4.69, 9.17) is 5.14 Å². The van der Waals surface area contributed by atoms with Gasteiger partial charge in [-0.3, -0.25) is 0 Å². The first kappa shape index (κ1) is 16.6. The van der Waals surface area contributed by atoms with Crippen LogP contribution in [0.1, 0.15) is 51.5 Å². The molecule has 1 aromatic heterocycles. The molecule has 0 radical (unpaired) electrons. The third-order valence-corrected chi connectivity index (χ3v) is 5.99. The smallest absolute Gasteiger partial charge is 0.247 e. The summed E-state index contributed by atoms with van der Waals surface area (Å²) >= 11 is 1.12. The van der Waals surface area contributed by atoms with Crippen LogP contribution in [0.2, 0.25) is 0 Å². The van der Waals surface area contributed by atoms with Gasteiger partial charge in [-0.25, -0.2) is 13.6 Å². The molecule has 0 unspecified atom stereocenters. The Bertz CT molecular complexity index is 496. The molecule has 110 valence electrons. The highest BCUT2D eigenvalue weighted by Crippen LogP contribution is 2.37. The van der Waals surface area contributed by atoms with Crippen molar-refractivity contribution in [1.29, 1.82) is 0 Å². The predicted molar refractivity (Wildman–Crippen MR) is 78.8 cm³/mol. The summed E-state index contributed by atoms with van der Waals surface area (Å²) in [6, 6.07) is 1.78. The standard InChI is InChI=1S/C13H23NO3S2/c1-4-6-11(15)12(9(3)5-2)10-7-8-18-13(10)19(14,16)17/h7-9,11-12,15H,4-6H2,1-3H3,(H2,14,16,17)/t9-,11+,12-/m0/s1. The fourth-order valence-corrected chi connectivity index (χ4v) is 4.32. The van der Waals surface area contributed by atoms with Crippen LogP contribution in [-0.2, 0) is 10.0 Å². The molecule has 0 spiro atoms. The summed E-state index contributed by atoms with van der Waals surface area (Å²) in [5.41, 5.74) is 0.669. The molecule has 0 amide bonds. The van der Waals surface area contributed by atoms with Crippen molar-refractivity contribution in [2.75, 3.05) is 0 Å². The zero-order valence-electron chi connectivity index (χ0n) is 11.7. The molecular formula is C13H23NO3S2. The van der Waals surface area contributed by atoms with Crippen LogP contribution in [0.5, 0.6) is 0 Å². The molecule has 3 atom stereocenters. The second-order valence-electron chi connectivity index (χ2n) is 4.98. The summed E-state index contributed by atoms with van der Waals surface area (Å²) in [6.45, 7) is 6.08. The molecule has 1 rings (SSSR count). The van der Waals surface area contributed by atoms with E-state index in [-0.39, 0.29) is 16.0 Å². The quantitative estimate of drug-likeness (QED) is 0.812. The first-order valence-corrected chi connectivity index (χ1v) is 9.03. The molecule has 6 heteroatoms. The van der Waals surface area contributed by atoms with Gasteiger partial charge in [-0.15, -0.1) is 11.3 Å². The molecule has 0 fully saturated rings. The lowest BCUT2D eigenvalue weighted by Gasteiger charge is -2.28. The van der Waals surface area contributed by atoms with Gasteiger partial charge >= 0.3 is 0 Å². The van der Waals surface area contributed by atoms with Crippen molar-refractivity contribution in [3.05, 3.63) is 17.0 Å². The number of aliphatic hydroxyl groups is 1. The Morgan fingerprint density at radius 2 is 2.05 bits per heavy atom. The van der Waals surface area contributed by atoms with Crippen LogP contribution in [-0.4, -0.2) is 19.6 Å². The minimum absolute atomic E-state index is 0.176. The largest absolute Gasteiger partial charge is 0.392 e. The van der Waals surface area contributed by atoms with Crippen LogP contribution in [0.25, 0.3) is 0 Å². The first-order valence-electron chi connectivity index (χ1n) is 6.61. The second kappa shape index (κ2) is 6.83. The maximum absolute atomic E-state index is 11.6. The van der Waals surface area contributed by atoms with Crippen molar-refractivity contribution >= 4 is 21.4 Å². The molecule has 0 saturated carbocycles. The number of nitrogens with two attached hydrogens (primary N) is 1. The summed E-state index contributed by atoms with van der Waals surface area (Å²) in [5.74, 6) is 0.0289. The Morgan fingerprint density at radius 3 is 2.53 bits per heavy atom. The Morgan fingerprint density at radius 1 is 1.42 bits per heavy atom. The van der Waals surface area contributed by atoms with E-state index in [1.165, 1.54) is 0 Å². The van der Waals surface area contributed by atoms with E-state index in [1.54, 1.807) is 11.4 Å². The molecular weight excluding hydrogens is 282 g/mol. The molecule has 19 heavy (non-hydrogen) atoms. The first-order chi connectivity index (χ1) is 8.82. The zero-order valence-corrected chi connectivity index (χ0v) is 13.3. The lowest BCUT2D eigenvalue weighted by Crippen LogP contribution is -2.26. The van der Waals surface area contributed by atoms with Gasteiger partial charge < -0.3 is 5.11 Å². The number of thiophene rings is 1. The SMILES string of the molecule is CCC[C@@H](O)[C@H](c1ccsc1S(N)(=O)=O)[C@@H](C)CC. The number of hydrogen-bond acceptors (Lipinski definition) is 4. The van der Waals surface area contributed by atoms with Crippen molar-refractivity contribution in [2.45, 2.75) is 56.3 Å². The van der Waals surface area contributed by atoms with Crippen LogP contribution < -0.4 is 5.14 Å². The van der Waals surface area contributed by atoms with Crippen LogP contribution in [0.3, 0.4) is 0 Å². The number of primary sulfonamides is 1. The van der Waals surface area contributed by atoms with Crippen molar-refractivity contribution in [2.24, 2.45) is 11.1 Å². The monoisotopic (exact) mass is 305 g/mol. The third-order valence-electron chi connectivity index (χ3n) is 3.53. The lowest BCUT2D eigenvalue weighted by atomic mass is 9.81. The predicted octanol–water partition coefficient (Wildman–Crippen LogP) is 2.69. The van der Waals surface area contributed by atoms with Crippen molar-refractivity contribution in [3.8, 4) is 0 Å². The van der Waals surface area contributed by atoms with Crippen molar-refractivity contribution in [1.82, 2.24) is 0 Å². The van der Waals surface area contributed by atoms with Gasteiger partial charge in [0.05, 0.1) is 6.10 Å². The molecule has 0 aliphatic heterocycles. The van der Waals surface area contributed by atoms with Gasteiger partial charge in [0.25, 0.3) is 0 Å². The van der Waals surface area contributed by atoms with E-state index < -0.39 is 16.1 Å².